The number of ether oxygens (including phenoxy) is 1. The average molecular weight is 487 g/mol. The van der Waals surface area contributed by atoms with E-state index < -0.39 is 17.7 Å². The van der Waals surface area contributed by atoms with Crippen molar-refractivity contribution in [3.63, 3.8) is 0 Å². The van der Waals surface area contributed by atoms with Crippen LogP contribution in [0.5, 0.6) is 5.75 Å². The largest absolute Gasteiger partial charge is 0.494 e. The third kappa shape index (κ3) is 7.48. The lowest BCUT2D eigenvalue weighted by Crippen LogP contribution is -2.21. The molecule has 1 atom stereocenters. The van der Waals surface area contributed by atoms with Crippen LogP contribution in [0, 0.1) is 5.92 Å². The molecule has 0 radical (unpaired) electrons. The number of benzene rings is 2. The first-order valence-electron chi connectivity index (χ1n) is 10.5. The Labute approximate surface area is 202 Å². The SMILES string of the molecule is O=C(C[C@@H](Cc1ccc(OCCCNc2ccccn2)cc1)C(=O)O)c1c(Cl)cccc1Cl. The van der Waals surface area contributed by atoms with Crippen molar-refractivity contribution < 1.29 is 19.4 Å². The molecule has 0 aliphatic carbocycles. The van der Waals surface area contributed by atoms with Gasteiger partial charge in [-0.15, -0.1) is 0 Å². The fourth-order valence-electron chi connectivity index (χ4n) is 3.29. The summed E-state index contributed by atoms with van der Waals surface area (Å²) in [6, 6.07) is 17.7. The number of aromatic nitrogens is 1. The first kappa shape index (κ1) is 24.6. The summed E-state index contributed by atoms with van der Waals surface area (Å²) in [6.45, 7) is 1.27. The number of carbonyl (C=O) groups excluding carboxylic acids is 1. The van der Waals surface area contributed by atoms with Crippen LogP contribution in [0.25, 0.3) is 0 Å². The molecule has 0 saturated heterocycles. The first-order chi connectivity index (χ1) is 15.9. The molecule has 0 aliphatic rings. The van der Waals surface area contributed by atoms with Crippen molar-refractivity contribution in [3.8, 4) is 5.75 Å². The second-order valence-electron chi connectivity index (χ2n) is 7.45. The standard InChI is InChI=1S/C25H24Cl2N2O4/c26-20-5-3-6-21(27)24(20)22(30)16-18(25(31)32)15-17-8-10-19(11-9-17)33-14-4-13-29-23-7-1-2-12-28-23/h1-3,5-12,18H,4,13-16H2,(H,28,29)(H,31,32)/t18-/m1/s1. The number of carboxylic acids is 1. The van der Waals surface area contributed by atoms with Crippen LogP contribution in [0.4, 0.5) is 5.82 Å². The number of nitrogens with zero attached hydrogens (tertiary/aromatic N) is 1. The second kappa shape index (κ2) is 12.2. The summed E-state index contributed by atoms with van der Waals surface area (Å²) in [7, 11) is 0. The highest BCUT2D eigenvalue weighted by Gasteiger charge is 2.25. The van der Waals surface area contributed by atoms with Gasteiger partial charge in [-0.3, -0.25) is 9.59 Å². The highest BCUT2D eigenvalue weighted by Crippen LogP contribution is 2.27. The Kier molecular flexibility index (Phi) is 9.10. The van der Waals surface area contributed by atoms with Gasteiger partial charge < -0.3 is 15.2 Å². The molecule has 172 valence electrons. The first-order valence-corrected chi connectivity index (χ1v) is 11.3. The van der Waals surface area contributed by atoms with Gasteiger partial charge >= 0.3 is 5.97 Å². The minimum Gasteiger partial charge on any atom is -0.494 e. The van der Waals surface area contributed by atoms with Gasteiger partial charge in [0.05, 0.1) is 28.1 Å². The quantitative estimate of drug-likeness (QED) is 0.249. The fourth-order valence-corrected chi connectivity index (χ4v) is 3.90. The van der Waals surface area contributed by atoms with Crippen LogP contribution in [0.3, 0.4) is 0 Å². The Morgan fingerprint density at radius 2 is 1.73 bits per heavy atom. The maximum absolute atomic E-state index is 12.6. The van der Waals surface area contributed by atoms with E-state index in [4.69, 9.17) is 27.9 Å². The lowest BCUT2D eigenvalue weighted by molar-refractivity contribution is -0.141. The van der Waals surface area contributed by atoms with E-state index in [-0.39, 0.29) is 28.5 Å². The zero-order chi connectivity index (χ0) is 23.6. The number of rotatable bonds is 12. The predicted molar refractivity (Wildman–Crippen MR) is 130 cm³/mol. The Balaban J connectivity index is 1.49. The van der Waals surface area contributed by atoms with Gasteiger partial charge in [0.1, 0.15) is 11.6 Å². The predicted octanol–water partition coefficient (Wildman–Crippen LogP) is 5.79. The van der Waals surface area contributed by atoms with Crippen LogP contribution in [0.15, 0.2) is 66.9 Å². The Morgan fingerprint density at radius 1 is 1.00 bits per heavy atom. The van der Waals surface area contributed by atoms with Crippen LogP contribution in [-0.4, -0.2) is 35.0 Å². The van der Waals surface area contributed by atoms with Crippen molar-refractivity contribution in [2.45, 2.75) is 19.3 Å². The summed E-state index contributed by atoms with van der Waals surface area (Å²) in [5.41, 5.74) is 0.956. The van der Waals surface area contributed by atoms with Gasteiger partial charge in [0.15, 0.2) is 5.78 Å². The maximum atomic E-state index is 12.6. The number of nitrogens with one attached hydrogen (secondary N) is 1. The summed E-state index contributed by atoms with van der Waals surface area (Å²) >= 11 is 12.2. The van der Waals surface area contributed by atoms with E-state index in [0.717, 1.165) is 24.3 Å². The molecule has 3 aromatic rings. The third-order valence-electron chi connectivity index (χ3n) is 4.99. The maximum Gasteiger partial charge on any atom is 0.307 e. The monoisotopic (exact) mass is 486 g/mol. The number of ketones is 1. The Bertz CT molecular complexity index is 1060. The molecule has 8 heteroatoms. The highest BCUT2D eigenvalue weighted by molar-refractivity contribution is 6.39. The van der Waals surface area contributed by atoms with E-state index in [0.29, 0.717) is 12.4 Å². The molecule has 0 saturated carbocycles. The molecule has 0 bridgehead atoms. The van der Waals surface area contributed by atoms with Crippen LogP contribution < -0.4 is 10.1 Å². The molecular formula is C25H24Cl2N2O4. The number of halogens is 2. The van der Waals surface area contributed by atoms with Crippen LogP contribution in [0.2, 0.25) is 10.0 Å². The van der Waals surface area contributed by atoms with Crippen molar-refractivity contribution in [2.75, 3.05) is 18.5 Å². The van der Waals surface area contributed by atoms with Gasteiger partial charge in [-0.2, -0.15) is 0 Å². The number of pyridine rings is 1. The molecule has 6 nitrogen and oxygen atoms in total. The lowest BCUT2D eigenvalue weighted by Gasteiger charge is -2.14. The Morgan fingerprint density at radius 3 is 2.36 bits per heavy atom. The summed E-state index contributed by atoms with van der Waals surface area (Å²) in [5.74, 6) is -0.814. The Hall–Kier alpha value is -3.09. The van der Waals surface area contributed by atoms with Crippen molar-refractivity contribution in [1.29, 1.82) is 0 Å². The molecule has 3 rings (SSSR count). The topological polar surface area (TPSA) is 88.5 Å². The van der Waals surface area contributed by atoms with E-state index in [2.05, 4.69) is 10.3 Å². The molecule has 2 N–H and O–H groups in total. The van der Waals surface area contributed by atoms with Gasteiger partial charge in [-0.05, 0) is 54.8 Å². The molecule has 33 heavy (non-hydrogen) atoms. The third-order valence-corrected chi connectivity index (χ3v) is 5.62. The zero-order valence-electron chi connectivity index (χ0n) is 17.8. The molecule has 0 unspecified atom stereocenters. The van der Waals surface area contributed by atoms with Crippen LogP contribution in [-0.2, 0) is 11.2 Å². The molecule has 0 aliphatic heterocycles. The summed E-state index contributed by atoms with van der Waals surface area (Å²) < 4.78 is 5.74. The van der Waals surface area contributed by atoms with E-state index >= 15 is 0 Å². The molecule has 0 fully saturated rings. The van der Waals surface area contributed by atoms with E-state index in [1.54, 1.807) is 36.5 Å². The normalized spacial score (nSPS) is 11.6. The molecule has 1 aromatic heterocycles. The van der Waals surface area contributed by atoms with E-state index in [9.17, 15) is 14.7 Å². The minimum atomic E-state index is -1.05. The summed E-state index contributed by atoms with van der Waals surface area (Å²) in [6.07, 6.45) is 2.54. The van der Waals surface area contributed by atoms with Crippen molar-refractivity contribution in [2.24, 2.45) is 5.92 Å². The number of carbonyl (C=O) groups is 2. The van der Waals surface area contributed by atoms with Gasteiger partial charge in [0, 0.05) is 19.2 Å². The number of hydrogen-bond acceptors (Lipinski definition) is 5. The minimum absolute atomic E-state index is 0.161. The van der Waals surface area contributed by atoms with Crippen molar-refractivity contribution >= 4 is 40.8 Å². The number of aliphatic carboxylic acids is 1. The van der Waals surface area contributed by atoms with Crippen LogP contribution >= 0.6 is 23.2 Å². The number of Topliss-reactive ketones (excluding diaryl/α,β-unsaturated/α-hetero) is 1. The summed E-state index contributed by atoms with van der Waals surface area (Å²) in [5, 5.41) is 13.3. The van der Waals surface area contributed by atoms with E-state index in [1.165, 1.54) is 0 Å². The van der Waals surface area contributed by atoms with E-state index in [1.807, 2.05) is 30.3 Å². The van der Waals surface area contributed by atoms with Gasteiger partial charge in [-0.1, -0.05) is 47.5 Å². The number of hydrogen-bond donors (Lipinski definition) is 2. The summed E-state index contributed by atoms with van der Waals surface area (Å²) in [4.78, 5) is 28.6. The fraction of sp³-hybridized carbons (Fsp3) is 0.240. The zero-order valence-corrected chi connectivity index (χ0v) is 19.4. The molecule has 1 heterocycles. The number of anilines is 1. The smallest absolute Gasteiger partial charge is 0.307 e. The van der Waals surface area contributed by atoms with Gasteiger partial charge in [0.25, 0.3) is 0 Å². The van der Waals surface area contributed by atoms with Crippen molar-refractivity contribution in [3.05, 3.63) is 88.0 Å². The van der Waals surface area contributed by atoms with Gasteiger partial charge in [-0.25, -0.2) is 4.98 Å². The molecule has 0 spiro atoms. The lowest BCUT2D eigenvalue weighted by atomic mass is 9.92. The molecule has 2 aromatic carbocycles. The molecule has 0 amide bonds. The second-order valence-corrected chi connectivity index (χ2v) is 8.27. The average Bonchev–Trinajstić information content (AvgIpc) is 2.80. The molecular weight excluding hydrogens is 463 g/mol. The van der Waals surface area contributed by atoms with Gasteiger partial charge in [0.2, 0.25) is 0 Å². The van der Waals surface area contributed by atoms with Crippen molar-refractivity contribution in [1.82, 2.24) is 4.98 Å². The highest BCUT2D eigenvalue weighted by atomic mass is 35.5. The number of carboxylic acid groups (broad SMARTS) is 1. The van der Waals surface area contributed by atoms with Crippen LogP contribution in [0.1, 0.15) is 28.8 Å².